The van der Waals surface area contributed by atoms with Crippen LogP contribution in [0.1, 0.15) is 5.69 Å². The number of nitrogens with zero attached hydrogens (tertiary/aromatic N) is 3. The van der Waals surface area contributed by atoms with E-state index in [1.165, 1.54) is 11.9 Å². The van der Waals surface area contributed by atoms with Gasteiger partial charge in [-0.1, -0.05) is 78.1 Å². The third-order valence-electron chi connectivity index (χ3n) is 5.48. The van der Waals surface area contributed by atoms with E-state index < -0.39 is 0 Å². The Morgan fingerprint density at radius 1 is 0.912 bits per heavy atom. The van der Waals surface area contributed by atoms with Gasteiger partial charge in [0.2, 0.25) is 0 Å². The zero-order chi connectivity index (χ0) is 23.3. The van der Waals surface area contributed by atoms with E-state index in [4.69, 9.17) is 16.6 Å². The minimum absolute atomic E-state index is 0.421. The molecule has 0 unspecified atom stereocenters. The quantitative estimate of drug-likeness (QED) is 0.187. The van der Waals surface area contributed by atoms with Crippen molar-refractivity contribution in [3.63, 3.8) is 0 Å². The summed E-state index contributed by atoms with van der Waals surface area (Å²) >= 11 is 8.35. The van der Waals surface area contributed by atoms with Gasteiger partial charge in [0.15, 0.2) is 0 Å². The molecule has 0 amide bonds. The molecule has 34 heavy (non-hydrogen) atoms. The molecule has 0 fully saturated rings. The van der Waals surface area contributed by atoms with Crippen LogP contribution in [-0.2, 0) is 6.54 Å². The maximum Gasteiger partial charge on any atom is 0.140 e. The number of halogens is 1. The predicted octanol–water partition coefficient (Wildman–Crippen LogP) is 7.31. The summed E-state index contributed by atoms with van der Waals surface area (Å²) in [7, 11) is 0. The summed E-state index contributed by atoms with van der Waals surface area (Å²) in [6.45, 7) is 0.538. The van der Waals surface area contributed by atoms with E-state index in [1.807, 2.05) is 54.9 Å². The van der Waals surface area contributed by atoms with Crippen molar-refractivity contribution >= 4 is 45.8 Å². The fourth-order valence-electron chi connectivity index (χ4n) is 4.02. The third kappa shape index (κ3) is 4.55. The smallest absolute Gasteiger partial charge is 0.140 e. The molecule has 5 rings (SSSR count). The maximum atomic E-state index is 6.83. The number of fused-ring (bicyclic) bond motifs is 1. The van der Waals surface area contributed by atoms with Gasteiger partial charge < -0.3 is 10.0 Å². The van der Waals surface area contributed by atoms with Gasteiger partial charge in [-0.15, -0.1) is 0 Å². The summed E-state index contributed by atoms with van der Waals surface area (Å²) < 4.78 is 3.24. The van der Waals surface area contributed by atoms with Crippen molar-refractivity contribution in [1.29, 1.82) is 0 Å². The Labute approximate surface area is 207 Å². The van der Waals surface area contributed by atoms with Gasteiger partial charge in [0, 0.05) is 35.2 Å². The van der Waals surface area contributed by atoms with Crippen molar-refractivity contribution in [3.8, 4) is 22.3 Å². The van der Waals surface area contributed by atoms with Gasteiger partial charge in [-0.25, -0.2) is 4.98 Å². The standard InChI is InChI=1S/C27H22ClN5S/c1-34-33-21-14-19(15-29-16-21)24-23-12-7-11-22(18-8-3-2-4-9-18)25(23)27(32-26(24)28)31-17-20-10-5-6-13-30-20/h2-16,33H,17H2,1H3,(H,31,32). The van der Waals surface area contributed by atoms with E-state index >= 15 is 0 Å². The van der Waals surface area contributed by atoms with E-state index in [2.05, 4.69) is 50.3 Å². The summed E-state index contributed by atoms with van der Waals surface area (Å²) in [5, 5.41) is 5.91. The maximum absolute atomic E-state index is 6.83. The highest BCUT2D eigenvalue weighted by Crippen LogP contribution is 2.42. The molecule has 0 aliphatic carbocycles. The van der Waals surface area contributed by atoms with Crippen LogP contribution < -0.4 is 10.0 Å². The molecule has 2 N–H and O–H groups in total. The number of pyridine rings is 3. The van der Waals surface area contributed by atoms with Gasteiger partial charge >= 0.3 is 0 Å². The molecule has 0 bridgehead atoms. The Morgan fingerprint density at radius 2 is 1.76 bits per heavy atom. The Morgan fingerprint density at radius 3 is 2.56 bits per heavy atom. The second-order valence-electron chi connectivity index (χ2n) is 7.66. The summed E-state index contributed by atoms with van der Waals surface area (Å²) in [6.07, 6.45) is 7.38. The van der Waals surface area contributed by atoms with Crippen LogP contribution in [0.3, 0.4) is 0 Å². The molecule has 3 aromatic heterocycles. The lowest BCUT2D eigenvalue weighted by Crippen LogP contribution is -2.05. The lowest BCUT2D eigenvalue weighted by molar-refractivity contribution is 1.03. The van der Waals surface area contributed by atoms with Gasteiger partial charge in [0.25, 0.3) is 0 Å². The van der Waals surface area contributed by atoms with E-state index in [1.54, 1.807) is 12.4 Å². The van der Waals surface area contributed by atoms with Crippen molar-refractivity contribution in [2.45, 2.75) is 6.54 Å². The number of anilines is 2. The lowest BCUT2D eigenvalue weighted by Gasteiger charge is -2.17. The van der Waals surface area contributed by atoms with Crippen LogP contribution in [0.5, 0.6) is 0 Å². The third-order valence-corrected chi connectivity index (χ3v) is 6.19. The Hall–Kier alpha value is -3.61. The summed E-state index contributed by atoms with van der Waals surface area (Å²) in [5.41, 5.74) is 5.79. The molecule has 0 radical (unpaired) electrons. The first-order valence-corrected chi connectivity index (χ1v) is 12.4. The predicted molar refractivity (Wildman–Crippen MR) is 144 cm³/mol. The summed E-state index contributed by atoms with van der Waals surface area (Å²) in [5.74, 6) is 0.722. The van der Waals surface area contributed by atoms with E-state index in [9.17, 15) is 0 Å². The van der Waals surface area contributed by atoms with Gasteiger partial charge in [0.05, 0.1) is 24.1 Å². The van der Waals surface area contributed by atoms with E-state index in [-0.39, 0.29) is 0 Å². The lowest BCUT2D eigenvalue weighted by atomic mass is 9.94. The zero-order valence-electron chi connectivity index (χ0n) is 18.5. The molecule has 5 nitrogen and oxygen atoms in total. The van der Waals surface area contributed by atoms with Crippen LogP contribution >= 0.6 is 23.5 Å². The van der Waals surface area contributed by atoms with Crippen molar-refractivity contribution in [3.05, 3.63) is 102 Å². The first-order chi connectivity index (χ1) is 16.7. The first-order valence-electron chi connectivity index (χ1n) is 10.8. The first kappa shape index (κ1) is 22.2. The van der Waals surface area contributed by atoms with Crippen molar-refractivity contribution < 1.29 is 0 Å². The van der Waals surface area contributed by atoms with Crippen molar-refractivity contribution in [2.24, 2.45) is 0 Å². The molecular formula is C27H22ClN5S. The molecule has 168 valence electrons. The molecule has 7 heteroatoms. The Bertz CT molecular complexity index is 1430. The highest BCUT2D eigenvalue weighted by Gasteiger charge is 2.18. The van der Waals surface area contributed by atoms with Crippen molar-refractivity contribution in [2.75, 3.05) is 16.3 Å². The monoisotopic (exact) mass is 483 g/mol. The van der Waals surface area contributed by atoms with Crippen LogP contribution in [-0.4, -0.2) is 21.2 Å². The molecule has 0 spiro atoms. The number of rotatable bonds is 7. The molecule has 2 aromatic carbocycles. The topological polar surface area (TPSA) is 62.7 Å². The molecule has 0 aliphatic rings. The zero-order valence-corrected chi connectivity index (χ0v) is 20.1. The number of aromatic nitrogens is 3. The molecule has 0 atom stereocenters. The van der Waals surface area contributed by atoms with Crippen LogP contribution in [0.4, 0.5) is 11.5 Å². The minimum atomic E-state index is 0.421. The summed E-state index contributed by atoms with van der Waals surface area (Å²) in [4.78, 5) is 13.7. The minimum Gasteiger partial charge on any atom is -0.364 e. The number of hydrogen-bond acceptors (Lipinski definition) is 6. The average molecular weight is 484 g/mol. The average Bonchev–Trinajstić information content (AvgIpc) is 2.88. The van der Waals surface area contributed by atoms with E-state index in [0.29, 0.717) is 11.7 Å². The molecule has 5 aromatic rings. The molecule has 0 saturated carbocycles. The van der Waals surface area contributed by atoms with Crippen LogP contribution in [0.25, 0.3) is 33.0 Å². The normalized spacial score (nSPS) is 10.9. The SMILES string of the molecule is CSNc1cncc(-c2c(Cl)nc(NCc3ccccn3)c3c(-c4ccccc4)cccc23)c1. The molecule has 0 saturated heterocycles. The highest BCUT2D eigenvalue weighted by molar-refractivity contribution is 7.99. The van der Waals surface area contributed by atoms with Crippen molar-refractivity contribution in [1.82, 2.24) is 15.0 Å². The second kappa shape index (κ2) is 10.1. The number of nitrogens with one attached hydrogen (secondary N) is 2. The number of benzene rings is 2. The Balaban J connectivity index is 1.72. The second-order valence-corrected chi connectivity index (χ2v) is 8.63. The highest BCUT2D eigenvalue weighted by atomic mass is 35.5. The Kier molecular flexibility index (Phi) is 6.60. The fourth-order valence-corrected chi connectivity index (χ4v) is 4.67. The van der Waals surface area contributed by atoms with Crippen LogP contribution in [0, 0.1) is 0 Å². The van der Waals surface area contributed by atoms with E-state index in [0.717, 1.165) is 50.2 Å². The number of hydrogen-bond donors (Lipinski definition) is 2. The largest absolute Gasteiger partial charge is 0.364 e. The molecular weight excluding hydrogens is 462 g/mol. The fraction of sp³-hybridized carbons (Fsp3) is 0.0741. The van der Waals surface area contributed by atoms with Gasteiger partial charge in [-0.2, -0.15) is 0 Å². The summed E-state index contributed by atoms with van der Waals surface area (Å²) in [6, 6.07) is 24.5. The van der Waals surface area contributed by atoms with Gasteiger partial charge in [0.1, 0.15) is 11.0 Å². The molecule has 3 heterocycles. The molecule has 0 aliphatic heterocycles. The van der Waals surface area contributed by atoms with Crippen LogP contribution in [0.15, 0.2) is 91.4 Å². The van der Waals surface area contributed by atoms with Gasteiger partial charge in [-0.05, 0) is 34.7 Å². The van der Waals surface area contributed by atoms with Gasteiger partial charge in [-0.3, -0.25) is 9.97 Å². The van der Waals surface area contributed by atoms with Crippen LogP contribution in [0.2, 0.25) is 5.15 Å².